The molecule has 0 aromatic heterocycles. The lowest BCUT2D eigenvalue weighted by molar-refractivity contribution is -0.384. The van der Waals surface area contributed by atoms with E-state index in [-0.39, 0.29) is 11.4 Å². The standard InChI is InChI=1S/C16H22FN3O4/c1-23-16-9-14(15(20(21)22)8-13(16)17)19-5-3-18(4-6-19)10-12-2-7-24-11-12/h8-9,12H,2-7,10-11H2,1H3. The summed E-state index contributed by atoms with van der Waals surface area (Å²) in [5.41, 5.74) is 0.202. The van der Waals surface area contributed by atoms with Gasteiger partial charge < -0.3 is 14.4 Å². The van der Waals surface area contributed by atoms with E-state index in [1.54, 1.807) is 0 Å². The Morgan fingerprint density at radius 1 is 1.38 bits per heavy atom. The summed E-state index contributed by atoms with van der Waals surface area (Å²) in [7, 11) is 1.36. The number of hydrogen-bond acceptors (Lipinski definition) is 6. The molecule has 1 unspecified atom stereocenters. The number of halogens is 1. The highest BCUT2D eigenvalue weighted by Crippen LogP contribution is 2.35. The van der Waals surface area contributed by atoms with Gasteiger partial charge in [-0.2, -0.15) is 0 Å². The fourth-order valence-electron chi connectivity index (χ4n) is 3.35. The minimum Gasteiger partial charge on any atom is -0.494 e. The fourth-order valence-corrected chi connectivity index (χ4v) is 3.35. The highest BCUT2D eigenvalue weighted by molar-refractivity contribution is 5.66. The maximum Gasteiger partial charge on any atom is 0.295 e. The molecule has 8 heteroatoms. The Kier molecular flexibility index (Phi) is 5.15. The van der Waals surface area contributed by atoms with Gasteiger partial charge >= 0.3 is 0 Å². The van der Waals surface area contributed by atoms with Gasteiger partial charge in [0.25, 0.3) is 5.69 Å². The predicted molar refractivity (Wildman–Crippen MR) is 87.2 cm³/mol. The summed E-state index contributed by atoms with van der Waals surface area (Å²) in [5.74, 6) is -0.106. The van der Waals surface area contributed by atoms with E-state index in [0.717, 1.165) is 45.3 Å². The zero-order valence-electron chi connectivity index (χ0n) is 13.7. The van der Waals surface area contributed by atoms with Gasteiger partial charge in [-0.25, -0.2) is 4.39 Å². The van der Waals surface area contributed by atoms with Crippen LogP contribution in [0.15, 0.2) is 12.1 Å². The van der Waals surface area contributed by atoms with Crippen LogP contribution in [0, 0.1) is 21.8 Å². The van der Waals surface area contributed by atoms with Gasteiger partial charge in [-0.1, -0.05) is 0 Å². The van der Waals surface area contributed by atoms with Crippen LogP contribution in [0.3, 0.4) is 0 Å². The molecule has 0 spiro atoms. The number of benzene rings is 1. The van der Waals surface area contributed by atoms with Crippen molar-refractivity contribution in [3.8, 4) is 5.75 Å². The van der Waals surface area contributed by atoms with Crippen molar-refractivity contribution in [2.45, 2.75) is 6.42 Å². The van der Waals surface area contributed by atoms with Crippen molar-refractivity contribution in [3.05, 3.63) is 28.1 Å². The molecular weight excluding hydrogens is 317 g/mol. The van der Waals surface area contributed by atoms with Crippen molar-refractivity contribution in [3.63, 3.8) is 0 Å². The zero-order chi connectivity index (χ0) is 17.1. The molecule has 0 radical (unpaired) electrons. The third-order valence-corrected chi connectivity index (χ3v) is 4.70. The quantitative estimate of drug-likeness (QED) is 0.603. The molecule has 1 atom stereocenters. The molecule has 1 aromatic carbocycles. The van der Waals surface area contributed by atoms with Crippen LogP contribution >= 0.6 is 0 Å². The second-order valence-electron chi connectivity index (χ2n) is 6.25. The minimum atomic E-state index is -0.715. The summed E-state index contributed by atoms with van der Waals surface area (Å²) in [6.07, 6.45) is 1.10. The number of nitro benzene ring substituents is 1. The fraction of sp³-hybridized carbons (Fsp3) is 0.625. The molecule has 0 bridgehead atoms. The second-order valence-corrected chi connectivity index (χ2v) is 6.25. The number of piperazine rings is 1. The summed E-state index contributed by atoms with van der Waals surface area (Å²) in [6, 6.07) is 2.37. The normalized spacial score (nSPS) is 21.9. The molecule has 132 valence electrons. The number of hydrogen-bond donors (Lipinski definition) is 0. The Labute approximate surface area is 140 Å². The van der Waals surface area contributed by atoms with E-state index in [4.69, 9.17) is 9.47 Å². The van der Waals surface area contributed by atoms with E-state index in [2.05, 4.69) is 4.90 Å². The topological polar surface area (TPSA) is 68.1 Å². The monoisotopic (exact) mass is 339 g/mol. The SMILES string of the molecule is COc1cc(N2CCN(CC3CCOC3)CC2)c([N+](=O)[O-])cc1F. The van der Waals surface area contributed by atoms with Gasteiger partial charge in [0.15, 0.2) is 11.6 Å². The highest BCUT2D eigenvalue weighted by atomic mass is 19.1. The molecule has 0 amide bonds. The van der Waals surface area contributed by atoms with Gasteiger partial charge in [0.2, 0.25) is 0 Å². The Morgan fingerprint density at radius 2 is 2.12 bits per heavy atom. The van der Waals surface area contributed by atoms with Gasteiger partial charge in [-0.05, 0) is 12.3 Å². The summed E-state index contributed by atoms with van der Waals surface area (Å²) >= 11 is 0. The Morgan fingerprint density at radius 3 is 2.71 bits per heavy atom. The maximum atomic E-state index is 13.8. The minimum absolute atomic E-state index is 0.0288. The zero-order valence-corrected chi connectivity index (χ0v) is 13.7. The first-order valence-electron chi connectivity index (χ1n) is 8.15. The van der Waals surface area contributed by atoms with E-state index in [1.807, 2.05) is 4.90 Å². The molecule has 0 saturated carbocycles. The first-order chi connectivity index (χ1) is 11.6. The Balaban J connectivity index is 1.69. The smallest absolute Gasteiger partial charge is 0.295 e. The summed E-state index contributed by atoms with van der Waals surface area (Å²) in [4.78, 5) is 15.0. The van der Waals surface area contributed by atoms with Crippen LogP contribution in [0.4, 0.5) is 15.8 Å². The molecule has 0 N–H and O–H groups in total. The lowest BCUT2D eigenvalue weighted by atomic mass is 10.1. The van der Waals surface area contributed by atoms with Crippen molar-refractivity contribution in [1.29, 1.82) is 0 Å². The lowest BCUT2D eigenvalue weighted by Crippen LogP contribution is -2.48. The molecule has 2 fully saturated rings. The number of rotatable bonds is 5. The third-order valence-electron chi connectivity index (χ3n) is 4.70. The van der Waals surface area contributed by atoms with Gasteiger partial charge in [-0.15, -0.1) is 0 Å². The van der Waals surface area contributed by atoms with Crippen molar-refractivity contribution in [1.82, 2.24) is 4.90 Å². The molecule has 7 nitrogen and oxygen atoms in total. The number of ether oxygens (including phenoxy) is 2. The van der Waals surface area contributed by atoms with Crippen LogP contribution in [-0.2, 0) is 4.74 Å². The van der Waals surface area contributed by atoms with Crippen LogP contribution in [0.1, 0.15) is 6.42 Å². The van der Waals surface area contributed by atoms with Gasteiger partial charge in [0.05, 0.1) is 24.7 Å². The van der Waals surface area contributed by atoms with Gasteiger partial charge in [0, 0.05) is 45.4 Å². The molecule has 24 heavy (non-hydrogen) atoms. The average molecular weight is 339 g/mol. The van der Waals surface area contributed by atoms with Crippen LogP contribution in [0.5, 0.6) is 5.75 Å². The molecule has 1 aromatic rings. The van der Waals surface area contributed by atoms with Crippen molar-refractivity contribution >= 4 is 11.4 Å². The van der Waals surface area contributed by atoms with Crippen LogP contribution in [-0.4, -0.2) is 62.9 Å². The van der Waals surface area contributed by atoms with Crippen molar-refractivity contribution in [2.75, 3.05) is 57.9 Å². The van der Waals surface area contributed by atoms with Crippen molar-refractivity contribution in [2.24, 2.45) is 5.92 Å². The first-order valence-corrected chi connectivity index (χ1v) is 8.15. The largest absolute Gasteiger partial charge is 0.494 e. The summed E-state index contributed by atoms with van der Waals surface area (Å²) in [5, 5.41) is 11.3. The lowest BCUT2D eigenvalue weighted by Gasteiger charge is -2.36. The Bertz CT molecular complexity index is 599. The maximum absolute atomic E-state index is 13.8. The Hall–Kier alpha value is -1.93. The van der Waals surface area contributed by atoms with E-state index in [1.165, 1.54) is 13.2 Å². The van der Waals surface area contributed by atoms with Crippen LogP contribution in [0.25, 0.3) is 0 Å². The van der Waals surface area contributed by atoms with Crippen LogP contribution in [0.2, 0.25) is 0 Å². The number of methoxy groups -OCH3 is 1. The first kappa shape index (κ1) is 16.9. The van der Waals surface area contributed by atoms with E-state index >= 15 is 0 Å². The van der Waals surface area contributed by atoms with Crippen LogP contribution < -0.4 is 9.64 Å². The number of anilines is 1. The molecule has 3 rings (SSSR count). The van der Waals surface area contributed by atoms with Gasteiger partial charge in [-0.3, -0.25) is 15.0 Å². The molecule has 2 heterocycles. The van der Waals surface area contributed by atoms with Gasteiger partial charge in [0.1, 0.15) is 5.69 Å². The number of nitrogens with zero attached hydrogens (tertiary/aromatic N) is 3. The third kappa shape index (κ3) is 3.59. The molecule has 2 aliphatic rings. The summed E-state index contributed by atoms with van der Waals surface area (Å²) < 4.78 is 24.2. The molecule has 2 aliphatic heterocycles. The predicted octanol–water partition coefficient (Wildman–Crippen LogP) is 1.90. The van der Waals surface area contributed by atoms with Crippen molar-refractivity contribution < 1.29 is 18.8 Å². The number of nitro groups is 1. The van der Waals surface area contributed by atoms with E-state index < -0.39 is 10.7 Å². The average Bonchev–Trinajstić information content (AvgIpc) is 3.08. The molecular formula is C16H22FN3O4. The molecule has 2 saturated heterocycles. The summed E-state index contributed by atoms with van der Waals surface area (Å²) in [6.45, 7) is 5.66. The van der Waals surface area contributed by atoms with E-state index in [0.29, 0.717) is 24.7 Å². The highest BCUT2D eigenvalue weighted by Gasteiger charge is 2.27. The second kappa shape index (κ2) is 7.31. The van der Waals surface area contributed by atoms with E-state index in [9.17, 15) is 14.5 Å². The molecule has 0 aliphatic carbocycles.